The van der Waals surface area contributed by atoms with Gasteiger partial charge in [0.1, 0.15) is 0 Å². The second kappa shape index (κ2) is 5.14. The molecule has 0 aromatic heterocycles. The lowest BCUT2D eigenvalue weighted by molar-refractivity contribution is 0.603. The van der Waals surface area contributed by atoms with E-state index in [0.717, 1.165) is 6.42 Å². The third kappa shape index (κ3) is 3.72. The van der Waals surface area contributed by atoms with Crippen molar-refractivity contribution in [3.63, 3.8) is 0 Å². The minimum absolute atomic E-state index is 0.176. The Morgan fingerprint density at radius 1 is 1.33 bits per heavy atom. The van der Waals surface area contributed by atoms with Gasteiger partial charge in [-0.3, -0.25) is 0 Å². The van der Waals surface area contributed by atoms with Crippen LogP contribution in [0.4, 0.5) is 0 Å². The molecule has 0 aliphatic heterocycles. The second-order valence-electron chi connectivity index (χ2n) is 2.52. The molecule has 0 unspecified atom stereocenters. The van der Waals surface area contributed by atoms with Gasteiger partial charge in [-0.25, -0.2) is 8.42 Å². The van der Waals surface area contributed by atoms with Crippen LogP contribution in [0.15, 0.2) is 23.1 Å². The van der Waals surface area contributed by atoms with Gasteiger partial charge in [0.15, 0.2) is 9.84 Å². The van der Waals surface area contributed by atoms with Crippen LogP contribution < -0.4 is 0 Å². The fraction of sp³-hybridized carbons (Fsp3) is 0.556. The second-order valence-corrected chi connectivity index (χ2v) is 4.97. The Kier molecular flexibility index (Phi) is 4.90. The third-order valence-corrected chi connectivity index (χ3v) is 3.45. The van der Waals surface area contributed by atoms with Crippen LogP contribution in [0.1, 0.15) is 27.2 Å². The molecule has 70 valence electrons. The molecule has 3 heteroatoms. The summed E-state index contributed by atoms with van der Waals surface area (Å²) in [6, 6.07) is 0. The Bertz CT molecular complexity index is 271. The number of allylic oxidation sites excluding steroid dienone is 4. The molecule has 0 fully saturated rings. The van der Waals surface area contributed by atoms with E-state index in [1.54, 1.807) is 26.0 Å². The van der Waals surface area contributed by atoms with E-state index in [0.29, 0.717) is 4.91 Å². The van der Waals surface area contributed by atoms with E-state index in [-0.39, 0.29) is 5.75 Å². The fourth-order valence-electron chi connectivity index (χ4n) is 0.671. The van der Waals surface area contributed by atoms with Crippen LogP contribution in [-0.4, -0.2) is 14.2 Å². The van der Waals surface area contributed by atoms with Gasteiger partial charge < -0.3 is 0 Å². The molecule has 0 aliphatic rings. The van der Waals surface area contributed by atoms with Gasteiger partial charge in [-0.15, -0.1) is 0 Å². The van der Waals surface area contributed by atoms with Gasteiger partial charge in [0.2, 0.25) is 0 Å². The molecule has 0 saturated heterocycles. The molecular weight excluding hydrogens is 172 g/mol. The van der Waals surface area contributed by atoms with Gasteiger partial charge in [0.05, 0.1) is 5.75 Å². The Morgan fingerprint density at radius 3 is 2.33 bits per heavy atom. The highest BCUT2D eigenvalue weighted by molar-refractivity contribution is 7.95. The van der Waals surface area contributed by atoms with E-state index >= 15 is 0 Å². The predicted octanol–water partition coefficient (Wildman–Crippen LogP) is 2.29. The molecule has 0 rings (SSSR count). The van der Waals surface area contributed by atoms with E-state index in [9.17, 15) is 8.42 Å². The zero-order chi connectivity index (χ0) is 9.61. The summed E-state index contributed by atoms with van der Waals surface area (Å²) in [5, 5.41) is 0. The lowest BCUT2D eigenvalue weighted by Crippen LogP contribution is -2.03. The summed E-state index contributed by atoms with van der Waals surface area (Å²) in [5.41, 5.74) is 0. The molecule has 0 heterocycles. The van der Waals surface area contributed by atoms with Crippen molar-refractivity contribution in [1.82, 2.24) is 0 Å². The van der Waals surface area contributed by atoms with Crippen LogP contribution in [0.5, 0.6) is 0 Å². The van der Waals surface area contributed by atoms with E-state index in [1.807, 2.05) is 13.0 Å². The Labute approximate surface area is 74.9 Å². The highest BCUT2D eigenvalue weighted by Gasteiger charge is 2.07. The van der Waals surface area contributed by atoms with Gasteiger partial charge >= 0.3 is 0 Å². The Hall–Kier alpha value is -0.570. The molecule has 0 aromatic carbocycles. The van der Waals surface area contributed by atoms with Crippen LogP contribution in [0, 0.1) is 0 Å². The van der Waals surface area contributed by atoms with E-state index in [1.165, 1.54) is 0 Å². The topological polar surface area (TPSA) is 34.1 Å². The first-order chi connectivity index (χ1) is 5.54. The van der Waals surface area contributed by atoms with E-state index < -0.39 is 9.84 Å². The first kappa shape index (κ1) is 11.4. The summed E-state index contributed by atoms with van der Waals surface area (Å²) < 4.78 is 22.4. The molecule has 0 radical (unpaired) electrons. The van der Waals surface area contributed by atoms with Crippen LogP contribution in [0.3, 0.4) is 0 Å². The van der Waals surface area contributed by atoms with E-state index in [4.69, 9.17) is 0 Å². The molecule has 0 spiro atoms. The van der Waals surface area contributed by atoms with Crippen LogP contribution >= 0.6 is 0 Å². The molecule has 0 amide bonds. The molecule has 0 atom stereocenters. The number of sulfone groups is 1. The first-order valence-corrected chi connectivity index (χ1v) is 5.76. The van der Waals surface area contributed by atoms with Crippen molar-refractivity contribution in [1.29, 1.82) is 0 Å². The molecule has 0 aliphatic carbocycles. The van der Waals surface area contributed by atoms with Gasteiger partial charge in [-0.05, 0) is 19.4 Å². The van der Waals surface area contributed by atoms with Crippen molar-refractivity contribution >= 4 is 9.84 Å². The molecule has 12 heavy (non-hydrogen) atoms. The average molecular weight is 188 g/mol. The summed E-state index contributed by atoms with van der Waals surface area (Å²) in [6.45, 7) is 5.28. The van der Waals surface area contributed by atoms with Crippen LogP contribution in [-0.2, 0) is 9.84 Å². The van der Waals surface area contributed by atoms with Crippen LogP contribution in [0.25, 0.3) is 0 Å². The van der Waals surface area contributed by atoms with Gasteiger partial charge in [-0.1, -0.05) is 26.0 Å². The summed E-state index contributed by atoms with van der Waals surface area (Å²) in [5.74, 6) is 0.176. The molecular formula is C9H16O2S. The minimum atomic E-state index is -2.97. The SMILES string of the molecule is CCC=CC=C(C)S(=O)(=O)CC. The summed E-state index contributed by atoms with van der Waals surface area (Å²) >= 11 is 0. The Morgan fingerprint density at radius 2 is 1.92 bits per heavy atom. The largest absolute Gasteiger partial charge is 0.224 e. The quantitative estimate of drug-likeness (QED) is 0.634. The highest BCUT2D eigenvalue weighted by Crippen LogP contribution is 2.05. The summed E-state index contributed by atoms with van der Waals surface area (Å²) in [6.07, 6.45) is 6.27. The lowest BCUT2D eigenvalue weighted by Gasteiger charge is -1.97. The summed E-state index contributed by atoms with van der Waals surface area (Å²) in [4.78, 5) is 0.440. The predicted molar refractivity (Wildman–Crippen MR) is 52.6 cm³/mol. The maximum absolute atomic E-state index is 11.2. The third-order valence-electron chi connectivity index (χ3n) is 1.57. The molecule has 0 aromatic rings. The van der Waals surface area contributed by atoms with E-state index in [2.05, 4.69) is 0 Å². The number of rotatable bonds is 4. The van der Waals surface area contributed by atoms with Crippen molar-refractivity contribution in [2.24, 2.45) is 0 Å². The standard InChI is InChI=1S/C9H16O2S/c1-4-6-7-8-9(3)12(10,11)5-2/h6-8H,4-5H2,1-3H3. The van der Waals surface area contributed by atoms with Gasteiger partial charge in [0.25, 0.3) is 0 Å². The molecule has 2 nitrogen and oxygen atoms in total. The normalized spacial score (nSPS) is 14.1. The fourth-order valence-corrected chi connectivity index (χ4v) is 1.41. The highest BCUT2D eigenvalue weighted by atomic mass is 32.2. The molecule has 0 bridgehead atoms. The van der Waals surface area contributed by atoms with Gasteiger partial charge in [0, 0.05) is 4.91 Å². The van der Waals surface area contributed by atoms with Crippen molar-refractivity contribution in [2.75, 3.05) is 5.75 Å². The van der Waals surface area contributed by atoms with Gasteiger partial charge in [-0.2, -0.15) is 0 Å². The van der Waals surface area contributed by atoms with Crippen molar-refractivity contribution in [3.8, 4) is 0 Å². The number of hydrogen-bond acceptors (Lipinski definition) is 2. The average Bonchev–Trinajstić information content (AvgIpc) is 2.05. The molecule has 0 N–H and O–H groups in total. The zero-order valence-electron chi connectivity index (χ0n) is 7.87. The van der Waals surface area contributed by atoms with Crippen molar-refractivity contribution in [2.45, 2.75) is 27.2 Å². The van der Waals surface area contributed by atoms with Crippen LogP contribution in [0.2, 0.25) is 0 Å². The smallest absolute Gasteiger partial charge is 0.174 e. The molecule has 0 saturated carbocycles. The first-order valence-electron chi connectivity index (χ1n) is 4.10. The van der Waals surface area contributed by atoms with Crippen molar-refractivity contribution in [3.05, 3.63) is 23.1 Å². The van der Waals surface area contributed by atoms with Crippen molar-refractivity contribution < 1.29 is 8.42 Å². The minimum Gasteiger partial charge on any atom is -0.224 e. The zero-order valence-corrected chi connectivity index (χ0v) is 8.69. The number of hydrogen-bond donors (Lipinski definition) is 0. The summed E-state index contributed by atoms with van der Waals surface area (Å²) in [7, 11) is -2.97. The Balaban J connectivity index is 4.49. The monoisotopic (exact) mass is 188 g/mol. The maximum atomic E-state index is 11.2. The maximum Gasteiger partial charge on any atom is 0.174 e. The lowest BCUT2D eigenvalue weighted by atomic mass is 10.4.